The van der Waals surface area contributed by atoms with Gasteiger partial charge in [-0.3, -0.25) is 4.79 Å². The molecule has 0 aromatic carbocycles. The number of unbranched alkanes of at least 4 members (excludes halogenated alkanes) is 1. The molecule has 0 aliphatic heterocycles. The summed E-state index contributed by atoms with van der Waals surface area (Å²) in [5.74, 6) is 0.692. The van der Waals surface area contributed by atoms with Crippen LogP contribution in [0.15, 0.2) is 0 Å². The van der Waals surface area contributed by atoms with E-state index in [1.54, 1.807) is 0 Å². The van der Waals surface area contributed by atoms with Crippen molar-refractivity contribution < 1.29 is 4.79 Å². The number of hydrogen-bond acceptors (Lipinski definition) is 2. The summed E-state index contributed by atoms with van der Waals surface area (Å²) >= 11 is 0. The number of carbonyl (C=O) groups is 1. The van der Waals surface area contributed by atoms with Gasteiger partial charge in [-0.25, -0.2) is 0 Å². The zero-order valence-electron chi connectivity index (χ0n) is 11.3. The molecule has 0 spiro atoms. The Bertz CT molecular complexity index is 192. The summed E-state index contributed by atoms with van der Waals surface area (Å²) in [6.45, 7) is 8.55. The minimum absolute atomic E-state index is 0.00436. The summed E-state index contributed by atoms with van der Waals surface area (Å²) in [7, 11) is 0. The summed E-state index contributed by atoms with van der Waals surface area (Å²) in [6, 6.07) is -0.0935. The van der Waals surface area contributed by atoms with Crippen molar-refractivity contribution in [3.63, 3.8) is 0 Å². The Morgan fingerprint density at radius 3 is 2.31 bits per heavy atom. The van der Waals surface area contributed by atoms with E-state index in [1.165, 1.54) is 0 Å². The highest BCUT2D eigenvalue weighted by atomic mass is 16.2. The second kappa shape index (κ2) is 8.57. The number of carbonyl (C=O) groups excluding carboxylic acids is 1. The van der Waals surface area contributed by atoms with E-state index in [4.69, 9.17) is 5.73 Å². The van der Waals surface area contributed by atoms with Crippen LogP contribution in [0.1, 0.15) is 59.8 Å². The van der Waals surface area contributed by atoms with Crippen LogP contribution in [-0.2, 0) is 4.79 Å². The molecule has 0 saturated carbocycles. The van der Waals surface area contributed by atoms with Gasteiger partial charge in [-0.05, 0) is 32.1 Å². The van der Waals surface area contributed by atoms with Crippen LogP contribution < -0.4 is 11.1 Å². The van der Waals surface area contributed by atoms with E-state index in [2.05, 4.69) is 26.1 Å². The average Bonchev–Trinajstić information content (AvgIpc) is 2.22. The van der Waals surface area contributed by atoms with E-state index in [1.807, 2.05) is 6.92 Å². The van der Waals surface area contributed by atoms with Crippen LogP contribution in [0, 0.1) is 5.92 Å². The molecule has 3 heteroatoms. The van der Waals surface area contributed by atoms with Crippen LogP contribution in [0.5, 0.6) is 0 Å². The van der Waals surface area contributed by atoms with Gasteiger partial charge in [0.1, 0.15) is 0 Å². The second-order valence-electron chi connectivity index (χ2n) is 5.13. The highest BCUT2D eigenvalue weighted by molar-refractivity contribution is 5.81. The van der Waals surface area contributed by atoms with Gasteiger partial charge < -0.3 is 11.1 Å². The Morgan fingerprint density at radius 2 is 1.81 bits per heavy atom. The maximum atomic E-state index is 11.7. The van der Waals surface area contributed by atoms with Crippen molar-refractivity contribution in [3.8, 4) is 0 Å². The number of nitrogens with one attached hydrogen (secondary N) is 1. The predicted molar refractivity (Wildman–Crippen MR) is 69.2 cm³/mol. The molecule has 0 aromatic rings. The third kappa shape index (κ3) is 7.69. The molecule has 3 N–H and O–H groups in total. The van der Waals surface area contributed by atoms with Crippen molar-refractivity contribution >= 4 is 5.91 Å². The molecule has 2 atom stereocenters. The number of hydrogen-bond donors (Lipinski definition) is 2. The molecule has 16 heavy (non-hydrogen) atoms. The monoisotopic (exact) mass is 228 g/mol. The first-order valence-corrected chi connectivity index (χ1v) is 6.53. The van der Waals surface area contributed by atoms with Crippen LogP contribution in [-0.4, -0.2) is 18.0 Å². The van der Waals surface area contributed by atoms with Crippen molar-refractivity contribution in [3.05, 3.63) is 0 Å². The molecule has 0 aromatic heterocycles. The van der Waals surface area contributed by atoms with Crippen molar-refractivity contribution in [2.24, 2.45) is 11.7 Å². The summed E-state index contributed by atoms with van der Waals surface area (Å²) in [5, 5.41) is 2.98. The smallest absolute Gasteiger partial charge is 0.237 e. The Labute approximate surface area is 100 Å². The zero-order valence-corrected chi connectivity index (χ0v) is 11.3. The van der Waals surface area contributed by atoms with Crippen LogP contribution >= 0.6 is 0 Å². The summed E-state index contributed by atoms with van der Waals surface area (Å²) < 4.78 is 0. The lowest BCUT2D eigenvalue weighted by molar-refractivity contribution is -0.123. The molecule has 0 aliphatic rings. The van der Waals surface area contributed by atoms with Crippen LogP contribution in [0.4, 0.5) is 0 Å². The molecular weight excluding hydrogens is 200 g/mol. The van der Waals surface area contributed by atoms with Crippen molar-refractivity contribution in [1.82, 2.24) is 5.32 Å². The molecule has 0 bridgehead atoms. The van der Waals surface area contributed by atoms with E-state index in [9.17, 15) is 4.79 Å². The molecule has 0 rings (SSSR count). The molecule has 0 aliphatic carbocycles. The number of amides is 1. The van der Waals surface area contributed by atoms with Gasteiger partial charge in [0.25, 0.3) is 0 Å². The van der Waals surface area contributed by atoms with Gasteiger partial charge >= 0.3 is 0 Å². The number of nitrogens with two attached hydrogens (primary N) is 1. The summed E-state index contributed by atoms with van der Waals surface area (Å²) in [4.78, 5) is 11.7. The number of rotatable bonds is 8. The third-order valence-corrected chi connectivity index (χ3v) is 2.77. The van der Waals surface area contributed by atoms with Gasteiger partial charge in [-0.1, -0.05) is 33.6 Å². The average molecular weight is 228 g/mol. The van der Waals surface area contributed by atoms with E-state index in [0.717, 1.165) is 32.1 Å². The maximum Gasteiger partial charge on any atom is 0.237 e. The van der Waals surface area contributed by atoms with E-state index in [0.29, 0.717) is 5.92 Å². The van der Waals surface area contributed by atoms with Crippen molar-refractivity contribution in [1.29, 1.82) is 0 Å². The van der Waals surface area contributed by atoms with Gasteiger partial charge in [0.15, 0.2) is 0 Å². The SMILES string of the molecule is CCCCC(N)C(=O)NC(C)CCC(C)C. The fourth-order valence-electron chi connectivity index (χ4n) is 1.56. The molecule has 0 fully saturated rings. The van der Waals surface area contributed by atoms with Crippen LogP contribution in [0.2, 0.25) is 0 Å². The van der Waals surface area contributed by atoms with Crippen molar-refractivity contribution in [2.45, 2.75) is 71.9 Å². The Kier molecular flexibility index (Phi) is 8.26. The lowest BCUT2D eigenvalue weighted by Crippen LogP contribution is -2.44. The standard InChI is InChI=1S/C13H28N2O/c1-5-6-7-12(14)13(16)15-11(4)9-8-10(2)3/h10-12H,5-9,14H2,1-4H3,(H,15,16). The molecule has 96 valence electrons. The van der Waals surface area contributed by atoms with Gasteiger partial charge in [0.2, 0.25) is 5.91 Å². The second-order valence-corrected chi connectivity index (χ2v) is 5.13. The van der Waals surface area contributed by atoms with Gasteiger partial charge in [0.05, 0.1) is 6.04 Å². The fourth-order valence-corrected chi connectivity index (χ4v) is 1.56. The topological polar surface area (TPSA) is 55.1 Å². The summed E-state index contributed by atoms with van der Waals surface area (Å²) in [5.41, 5.74) is 5.80. The first-order valence-electron chi connectivity index (χ1n) is 6.53. The Morgan fingerprint density at radius 1 is 1.19 bits per heavy atom. The molecule has 0 radical (unpaired) electrons. The lowest BCUT2D eigenvalue weighted by atomic mass is 10.0. The predicted octanol–water partition coefficient (Wildman–Crippen LogP) is 2.44. The minimum Gasteiger partial charge on any atom is -0.352 e. The first-order chi connectivity index (χ1) is 7.47. The molecular formula is C13H28N2O. The van der Waals surface area contributed by atoms with Crippen molar-refractivity contribution in [2.75, 3.05) is 0 Å². The van der Waals surface area contributed by atoms with Gasteiger partial charge in [-0.2, -0.15) is 0 Å². The maximum absolute atomic E-state index is 11.7. The summed E-state index contributed by atoms with van der Waals surface area (Å²) in [6.07, 6.45) is 5.08. The van der Waals surface area contributed by atoms with E-state index in [-0.39, 0.29) is 18.0 Å². The largest absolute Gasteiger partial charge is 0.352 e. The van der Waals surface area contributed by atoms with Gasteiger partial charge in [0, 0.05) is 6.04 Å². The fraction of sp³-hybridized carbons (Fsp3) is 0.923. The quantitative estimate of drug-likeness (QED) is 0.670. The third-order valence-electron chi connectivity index (χ3n) is 2.77. The molecule has 3 nitrogen and oxygen atoms in total. The first kappa shape index (κ1) is 15.4. The highest BCUT2D eigenvalue weighted by Crippen LogP contribution is 2.07. The minimum atomic E-state index is -0.332. The van der Waals surface area contributed by atoms with E-state index < -0.39 is 0 Å². The van der Waals surface area contributed by atoms with Gasteiger partial charge in [-0.15, -0.1) is 0 Å². The van der Waals surface area contributed by atoms with E-state index >= 15 is 0 Å². The Hall–Kier alpha value is -0.570. The van der Waals surface area contributed by atoms with Crippen LogP contribution in [0.3, 0.4) is 0 Å². The Balaban J connectivity index is 3.76. The molecule has 2 unspecified atom stereocenters. The molecule has 0 heterocycles. The molecule has 1 amide bonds. The lowest BCUT2D eigenvalue weighted by Gasteiger charge is -2.18. The zero-order chi connectivity index (χ0) is 12.6. The highest BCUT2D eigenvalue weighted by Gasteiger charge is 2.14. The van der Waals surface area contributed by atoms with Crippen LogP contribution in [0.25, 0.3) is 0 Å². The normalized spacial score (nSPS) is 14.9. The molecule has 0 saturated heterocycles.